The lowest BCUT2D eigenvalue weighted by atomic mass is 10.0. The van der Waals surface area contributed by atoms with E-state index in [0.29, 0.717) is 25.6 Å². The van der Waals surface area contributed by atoms with E-state index in [1.807, 2.05) is 42.5 Å². The van der Waals surface area contributed by atoms with Gasteiger partial charge in [0.15, 0.2) is 0 Å². The zero-order valence-corrected chi connectivity index (χ0v) is 14.5. The van der Waals surface area contributed by atoms with Crippen LogP contribution in [0.4, 0.5) is 5.69 Å². The van der Waals surface area contributed by atoms with E-state index in [1.165, 1.54) is 12.0 Å². The molecule has 0 spiro atoms. The Kier molecular flexibility index (Phi) is 6.60. The molecule has 1 unspecified atom stereocenters. The van der Waals surface area contributed by atoms with Crippen LogP contribution in [0, 0.1) is 5.92 Å². The molecule has 1 aliphatic heterocycles. The van der Waals surface area contributed by atoms with Gasteiger partial charge in [0.2, 0.25) is 5.91 Å². The summed E-state index contributed by atoms with van der Waals surface area (Å²) in [7, 11) is 0. The van der Waals surface area contributed by atoms with Crippen molar-refractivity contribution >= 4 is 11.6 Å². The molecule has 2 aromatic rings. The predicted molar refractivity (Wildman–Crippen MR) is 100 cm³/mol. The van der Waals surface area contributed by atoms with Gasteiger partial charge in [0.1, 0.15) is 0 Å². The highest BCUT2D eigenvalue weighted by molar-refractivity contribution is 5.90. The molecule has 2 aromatic carbocycles. The molecule has 1 heterocycles. The first-order valence-corrected chi connectivity index (χ1v) is 9.01. The maximum absolute atomic E-state index is 12.0. The van der Waals surface area contributed by atoms with Crippen LogP contribution in [-0.4, -0.2) is 19.0 Å². The van der Waals surface area contributed by atoms with Gasteiger partial charge in [-0.25, -0.2) is 0 Å². The van der Waals surface area contributed by atoms with Gasteiger partial charge in [-0.15, -0.1) is 0 Å². The fraction of sp³-hybridized carbons (Fsp3) is 0.381. The number of rotatable bonds is 8. The van der Waals surface area contributed by atoms with Crippen molar-refractivity contribution in [3.05, 3.63) is 65.7 Å². The largest absolute Gasteiger partial charge is 0.372 e. The second-order valence-electron chi connectivity index (χ2n) is 6.62. The highest BCUT2D eigenvalue weighted by Crippen LogP contribution is 2.16. The van der Waals surface area contributed by atoms with Gasteiger partial charge in [-0.05, 0) is 55.1 Å². The Bertz CT molecular complexity index is 649. The summed E-state index contributed by atoms with van der Waals surface area (Å²) in [6.45, 7) is 3.30. The smallest absolute Gasteiger partial charge is 0.224 e. The van der Waals surface area contributed by atoms with Gasteiger partial charge in [-0.3, -0.25) is 4.79 Å². The van der Waals surface area contributed by atoms with Crippen molar-refractivity contribution in [1.29, 1.82) is 0 Å². The average molecular weight is 338 g/mol. The summed E-state index contributed by atoms with van der Waals surface area (Å²) >= 11 is 0. The number of hydrogen-bond donors (Lipinski definition) is 2. The van der Waals surface area contributed by atoms with E-state index in [2.05, 4.69) is 22.8 Å². The van der Waals surface area contributed by atoms with Crippen molar-refractivity contribution in [2.75, 3.05) is 18.4 Å². The number of carbonyl (C=O) groups is 1. The molecule has 4 nitrogen and oxygen atoms in total. The molecule has 1 atom stereocenters. The molecule has 1 fully saturated rings. The van der Waals surface area contributed by atoms with Crippen molar-refractivity contribution in [1.82, 2.24) is 5.32 Å². The van der Waals surface area contributed by atoms with Gasteiger partial charge in [0.05, 0.1) is 13.2 Å². The van der Waals surface area contributed by atoms with E-state index in [-0.39, 0.29) is 5.91 Å². The van der Waals surface area contributed by atoms with E-state index >= 15 is 0 Å². The second kappa shape index (κ2) is 9.35. The van der Waals surface area contributed by atoms with Gasteiger partial charge < -0.3 is 15.4 Å². The van der Waals surface area contributed by atoms with Crippen LogP contribution in [0.5, 0.6) is 0 Å². The zero-order valence-electron chi connectivity index (χ0n) is 14.5. The third kappa shape index (κ3) is 6.00. The highest BCUT2D eigenvalue weighted by atomic mass is 16.5. The van der Waals surface area contributed by atoms with Crippen LogP contribution in [0.25, 0.3) is 0 Å². The zero-order chi connectivity index (χ0) is 17.3. The lowest BCUT2D eigenvalue weighted by Crippen LogP contribution is -2.15. The summed E-state index contributed by atoms with van der Waals surface area (Å²) in [5.74, 6) is 0.745. The summed E-state index contributed by atoms with van der Waals surface area (Å²) < 4.78 is 5.73. The van der Waals surface area contributed by atoms with Crippen molar-refractivity contribution < 1.29 is 9.53 Å². The van der Waals surface area contributed by atoms with Crippen LogP contribution in [-0.2, 0) is 22.7 Å². The van der Waals surface area contributed by atoms with Crippen LogP contribution in [0.1, 0.15) is 30.4 Å². The number of carbonyl (C=O) groups excluding carboxylic acids is 1. The molecular weight excluding hydrogens is 312 g/mol. The van der Waals surface area contributed by atoms with Gasteiger partial charge in [-0.2, -0.15) is 0 Å². The Balaban J connectivity index is 1.38. The second-order valence-corrected chi connectivity index (χ2v) is 6.62. The molecule has 0 saturated carbocycles. The summed E-state index contributed by atoms with van der Waals surface area (Å²) in [5, 5.41) is 6.31. The van der Waals surface area contributed by atoms with Gasteiger partial charge in [0.25, 0.3) is 0 Å². The SMILES string of the molecule is O=C(CCC1CCNC1)Nc1ccc(COCc2ccccc2)cc1. The molecule has 1 aliphatic rings. The Hall–Kier alpha value is -2.17. The van der Waals surface area contributed by atoms with E-state index in [9.17, 15) is 4.79 Å². The third-order valence-corrected chi connectivity index (χ3v) is 4.56. The molecule has 3 rings (SSSR count). The number of hydrogen-bond acceptors (Lipinski definition) is 3. The van der Waals surface area contributed by atoms with Crippen molar-refractivity contribution in [3.8, 4) is 0 Å². The third-order valence-electron chi connectivity index (χ3n) is 4.56. The Morgan fingerprint density at radius 1 is 1.04 bits per heavy atom. The first-order chi connectivity index (χ1) is 12.3. The molecule has 0 aliphatic carbocycles. The van der Waals surface area contributed by atoms with Crippen LogP contribution in [0.3, 0.4) is 0 Å². The quantitative estimate of drug-likeness (QED) is 0.771. The number of amides is 1. The minimum Gasteiger partial charge on any atom is -0.372 e. The molecule has 1 amide bonds. The van der Waals surface area contributed by atoms with Crippen molar-refractivity contribution in [3.63, 3.8) is 0 Å². The molecule has 0 bridgehead atoms. The average Bonchev–Trinajstić information content (AvgIpc) is 3.16. The van der Waals surface area contributed by atoms with Crippen LogP contribution in [0.2, 0.25) is 0 Å². The molecular formula is C21H26N2O2. The van der Waals surface area contributed by atoms with E-state index in [0.717, 1.165) is 30.8 Å². The standard InChI is InChI=1S/C21H26N2O2/c24-21(11-8-17-12-13-22-14-17)23-20-9-6-19(7-10-20)16-25-15-18-4-2-1-3-5-18/h1-7,9-10,17,22H,8,11-16H2,(H,23,24). The van der Waals surface area contributed by atoms with Crippen LogP contribution >= 0.6 is 0 Å². The predicted octanol–water partition coefficient (Wildman–Crippen LogP) is 3.73. The van der Waals surface area contributed by atoms with Gasteiger partial charge in [0, 0.05) is 12.1 Å². The topological polar surface area (TPSA) is 50.4 Å². The minimum absolute atomic E-state index is 0.0972. The lowest BCUT2D eigenvalue weighted by molar-refractivity contribution is -0.116. The van der Waals surface area contributed by atoms with Crippen LogP contribution < -0.4 is 10.6 Å². The fourth-order valence-corrected chi connectivity index (χ4v) is 3.06. The minimum atomic E-state index is 0.0972. The molecule has 0 radical (unpaired) electrons. The number of anilines is 1. The number of ether oxygens (including phenoxy) is 1. The fourth-order valence-electron chi connectivity index (χ4n) is 3.06. The summed E-state index contributed by atoms with van der Waals surface area (Å²) in [5.41, 5.74) is 3.12. The molecule has 1 saturated heterocycles. The first kappa shape index (κ1) is 17.6. The Labute approximate surface area is 149 Å². The molecule has 25 heavy (non-hydrogen) atoms. The van der Waals surface area contributed by atoms with Crippen molar-refractivity contribution in [2.45, 2.75) is 32.5 Å². The Morgan fingerprint density at radius 3 is 2.44 bits per heavy atom. The van der Waals surface area contributed by atoms with E-state index in [4.69, 9.17) is 4.74 Å². The van der Waals surface area contributed by atoms with Gasteiger partial charge >= 0.3 is 0 Å². The van der Waals surface area contributed by atoms with Crippen LogP contribution in [0.15, 0.2) is 54.6 Å². The van der Waals surface area contributed by atoms with Crippen molar-refractivity contribution in [2.24, 2.45) is 5.92 Å². The Morgan fingerprint density at radius 2 is 1.76 bits per heavy atom. The summed E-state index contributed by atoms with van der Waals surface area (Å²) in [6.07, 6.45) is 2.74. The highest BCUT2D eigenvalue weighted by Gasteiger charge is 2.15. The normalized spacial score (nSPS) is 16.7. The van der Waals surface area contributed by atoms with Gasteiger partial charge in [-0.1, -0.05) is 42.5 Å². The number of benzene rings is 2. The summed E-state index contributed by atoms with van der Waals surface area (Å²) in [6, 6.07) is 18.0. The molecule has 2 N–H and O–H groups in total. The number of nitrogens with one attached hydrogen (secondary N) is 2. The lowest BCUT2D eigenvalue weighted by Gasteiger charge is -2.09. The molecule has 0 aromatic heterocycles. The first-order valence-electron chi connectivity index (χ1n) is 9.01. The molecule has 4 heteroatoms. The maximum atomic E-state index is 12.0. The maximum Gasteiger partial charge on any atom is 0.224 e. The monoisotopic (exact) mass is 338 g/mol. The summed E-state index contributed by atoms with van der Waals surface area (Å²) in [4.78, 5) is 12.0. The van der Waals surface area contributed by atoms with E-state index < -0.39 is 0 Å². The van der Waals surface area contributed by atoms with E-state index in [1.54, 1.807) is 0 Å². The molecule has 132 valence electrons.